The van der Waals surface area contributed by atoms with Gasteiger partial charge in [-0.3, -0.25) is 4.79 Å². The van der Waals surface area contributed by atoms with Gasteiger partial charge in [0.2, 0.25) is 0 Å². The number of fused-ring (bicyclic) bond motifs is 1. The number of pyridine rings is 1. The lowest BCUT2D eigenvalue weighted by Crippen LogP contribution is -2.25. The van der Waals surface area contributed by atoms with Gasteiger partial charge in [-0.2, -0.15) is 0 Å². The van der Waals surface area contributed by atoms with Crippen molar-refractivity contribution < 1.29 is 4.79 Å². The van der Waals surface area contributed by atoms with Crippen LogP contribution in [-0.2, 0) is 0 Å². The van der Waals surface area contributed by atoms with E-state index in [1.165, 1.54) is 57.8 Å². The average molecular weight is 341 g/mol. The van der Waals surface area contributed by atoms with Crippen LogP contribution in [-0.4, -0.2) is 17.4 Å². The zero-order valence-electron chi connectivity index (χ0n) is 15.6. The first-order valence-electron chi connectivity index (χ1n) is 9.95. The molecule has 0 radical (unpaired) electrons. The molecule has 1 aromatic carbocycles. The summed E-state index contributed by atoms with van der Waals surface area (Å²) in [5, 5.41) is 4.05. The largest absolute Gasteiger partial charge is 0.351 e. The lowest BCUT2D eigenvalue weighted by atomic mass is 10.1. The van der Waals surface area contributed by atoms with E-state index in [0.29, 0.717) is 5.69 Å². The van der Waals surface area contributed by atoms with Gasteiger partial charge in [0.25, 0.3) is 5.91 Å². The van der Waals surface area contributed by atoms with E-state index in [0.717, 1.165) is 23.9 Å². The molecular weight excluding hydrogens is 308 g/mol. The standard InChI is InChI=1S/C22H32N2O/c1-2-3-4-5-6-7-8-9-10-13-18-23-22(25)21-17-16-19-14-11-12-15-20(19)24-21/h11-12,14-17H,2-10,13,18H2,1H3,(H,23,25). The number of rotatable bonds is 12. The molecule has 0 saturated carbocycles. The minimum atomic E-state index is -0.0679. The molecule has 0 unspecified atom stereocenters. The number of carbonyl (C=O) groups is 1. The van der Waals surface area contributed by atoms with Gasteiger partial charge in [-0.05, 0) is 18.6 Å². The van der Waals surface area contributed by atoms with Crippen LogP contribution in [0.1, 0.15) is 81.6 Å². The smallest absolute Gasteiger partial charge is 0.269 e. The highest BCUT2D eigenvalue weighted by Crippen LogP contribution is 2.12. The Labute approximate surface area is 152 Å². The van der Waals surface area contributed by atoms with Crippen molar-refractivity contribution >= 4 is 16.8 Å². The summed E-state index contributed by atoms with van der Waals surface area (Å²) in [6.07, 6.45) is 13.1. The molecule has 1 heterocycles. The Morgan fingerprint density at radius 1 is 0.840 bits per heavy atom. The molecule has 0 saturated heterocycles. The van der Waals surface area contributed by atoms with Crippen molar-refractivity contribution in [3.63, 3.8) is 0 Å². The number of nitrogens with one attached hydrogen (secondary N) is 1. The summed E-state index contributed by atoms with van der Waals surface area (Å²) in [7, 11) is 0. The highest BCUT2D eigenvalue weighted by molar-refractivity contribution is 5.94. The van der Waals surface area contributed by atoms with Gasteiger partial charge in [0.1, 0.15) is 5.69 Å². The molecule has 1 amide bonds. The summed E-state index contributed by atoms with van der Waals surface area (Å²) < 4.78 is 0. The first-order valence-corrected chi connectivity index (χ1v) is 9.95. The number of nitrogens with zero attached hydrogens (tertiary/aromatic N) is 1. The Morgan fingerprint density at radius 3 is 2.20 bits per heavy atom. The highest BCUT2D eigenvalue weighted by atomic mass is 16.1. The number of hydrogen-bond donors (Lipinski definition) is 1. The van der Waals surface area contributed by atoms with Crippen LogP contribution in [0.25, 0.3) is 10.9 Å². The number of benzene rings is 1. The minimum Gasteiger partial charge on any atom is -0.351 e. The number of unbranched alkanes of at least 4 members (excludes halogenated alkanes) is 9. The average Bonchev–Trinajstić information content (AvgIpc) is 2.65. The van der Waals surface area contributed by atoms with Gasteiger partial charge < -0.3 is 5.32 Å². The Bertz CT molecular complexity index is 639. The van der Waals surface area contributed by atoms with Crippen molar-refractivity contribution in [1.29, 1.82) is 0 Å². The van der Waals surface area contributed by atoms with Gasteiger partial charge in [0.15, 0.2) is 0 Å². The Morgan fingerprint density at radius 2 is 1.48 bits per heavy atom. The van der Waals surface area contributed by atoms with E-state index in [2.05, 4.69) is 17.2 Å². The highest BCUT2D eigenvalue weighted by Gasteiger charge is 2.07. The molecule has 2 rings (SSSR count). The van der Waals surface area contributed by atoms with Crippen LogP contribution >= 0.6 is 0 Å². The van der Waals surface area contributed by atoms with Crippen molar-refractivity contribution in [2.24, 2.45) is 0 Å². The molecule has 0 fully saturated rings. The zero-order chi connectivity index (χ0) is 17.7. The van der Waals surface area contributed by atoms with Crippen LogP contribution in [0.15, 0.2) is 36.4 Å². The monoisotopic (exact) mass is 340 g/mol. The second-order valence-electron chi connectivity index (χ2n) is 6.83. The molecule has 3 heteroatoms. The zero-order valence-corrected chi connectivity index (χ0v) is 15.6. The van der Waals surface area contributed by atoms with Crippen LogP contribution in [0.4, 0.5) is 0 Å². The Kier molecular flexibility index (Phi) is 9.03. The van der Waals surface area contributed by atoms with Gasteiger partial charge >= 0.3 is 0 Å². The van der Waals surface area contributed by atoms with Gasteiger partial charge in [0, 0.05) is 11.9 Å². The van der Waals surface area contributed by atoms with Crippen LogP contribution in [0.2, 0.25) is 0 Å². The fraction of sp³-hybridized carbons (Fsp3) is 0.545. The lowest BCUT2D eigenvalue weighted by Gasteiger charge is -2.06. The Balaban J connectivity index is 1.55. The molecule has 0 aliphatic rings. The number of amides is 1. The number of carbonyl (C=O) groups excluding carboxylic acids is 1. The normalized spacial score (nSPS) is 10.9. The first-order chi connectivity index (χ1) is 12.3. The number of aromatic nitrogens is 1. The first kappa shape index (κ1) is 19.4. The number of hydrogen-bond acceptors (Lipinski definition) is 2. The predicted octanol–water partition coefficient (Wildman–Crippen LogP) is 5.89. The van der Waals surface area contributed by atoms with Gasteiger partial charge in [-0.15, -0.1) is 0 Å². The Hall–Kier alpha value is -1.90. The van der Waals surface area contributed by atoms with E-state index in [9.17, 15) is 4.79 Å². The molecule has 0 spiro atoms. The van der Waals surface area contributed by atoms with Gasteiger partial charge in [-0.1, -0.05) is 89.0 Å². The predicted molar refractivity (Wildman–Crippen MR) is 106 cm³/mol. The van der Waals surface area contributed by atoms with E-state index in [4.69, 9.17) is 0 Å². The summed E-state index contributed by atoms with van der Waals surface area (Å²) in [5.41, 5.74) is 1.37. The summed E-state index contributed by atoms with van der Waals surface area (Å²) >= 11 is 0. The minimum absolute atomic E-state index is 0.0679. The molecule has 136 valence electrons. The molecule has 1 aromatic heterocycles. The van der Waals surface area contributed by atoms with Crippen molar-refractivity contribution in [2.45, 2.75) is 71.1 Å². The fourth-order valence-corrected chi connectivity index (χ4v) is 3.10. The molecule has 25 heavy (non-hydrogen) atoms. The third-order valence-electron chi connectivity index (χ3n) is 4.65. The van der Waals surface area contributed by atoms with Crippen molar-refractivity contribution in [1.82, 2.24) is 10.3 Å². The summed E-state index contributed by atoms with van der Waals surface area (Å²) in [6, 6.07) is 11.6. The topological polar surface area (TPSA) is 42.0 Å². The second-order valence-corrected chi connectivity index (χ2v) is 6.83. The van der Waals surface area contributed by atoms with E-state index < -0.39 is 0 Å². The molecular formula is C22H32N2O. The maximum Gasteiger partial charge on any atom is 0.269 e. The molecule has 0 atom stereocenters. The SMILES string of the molecule is CCCCCCCCCCCCNC(=O)c1ccc2ccccc2n1. The third-order valence-corrected chi connectivity index (χ3v) is 4.65. The van der Waals surface area contributed by atoms with Gasteiger partial charge in [-0.25, -0.2) is 4.98 Å². The van der Waals surface area contributed by atoms with Crippen LogP contribution in [0, 0.1) is 0 Å². The summed E-state index contributed by atoms with van der Waals surface area (Å²) in [4.78, 5) is 16.6. The van der Waals surface area contributed by atoms with Gasteiger partial charge in [0.05, 0.1) is 5.52 Å². The fourth-order valence-electron chi connectivity index (χ4n) is 3.10. The molecule has 0 bridgehead atoms. The van der Waals surface area contributed by atoms with Crippen molar-refractivity contribution in [3.8, 4) is 0 Å². The molecule has 3 nitrogen and oxygen atoms in total. The van der Waals surface area contributed by atoms with Crippen molar-refractivity contribution in [2.75, 3.05) is 6.54 Å². The van der Waals surface area contributed by atoms with Crippen LogP contribution in [0.5, 0.6) is 0 Å². The molecule has 0 aliphatic heterocycles. The lowest BCUT2D eigenvalue weighted by molar-refractivity contribution is 0.0948. The number of para-hydroxylation sites is 1. The van der Waals surface area contributed by atoms with E-state index in [1.54, 1.807) is 6.07 Å². The van der Waals surface area contributed by atoms with E-state index in [1.807, 2.05) is 30.3 Å². The second kappa shape index (κ2) is 11.6. The van der Waals surface area contributed by atoms with Crippen LogP contribution < -0.4 is 5.32 Å². The van der Waals surface area contributed by atoms with E-state index >= 15 is 0 Å². The summed E-state index contributed by atoms with van der Waals surface area (Å²) in [5.74, 6) is -0.0679. The summed E-state index contributed by atoms with van der Waals surface area (Å²) in [6.45, 7) is 3.00. The van der Waals surface area contributed by atoms with Crippen LogP contribution in [0.3, 0.4) is 0 Å². The maximum absolute atomic E-state index is 12.2. The maximum atomic E-state index is 12.2. The molecule has 2 aromatic rings. The molecule has 0 aliphatic carbocycles. The molecule has 1 N–H and O–H groups in total. The third kappa shape index (κ3) is 7.25. The van der Waals surface area contributed by atoms with E-state index in [-0.39, 0.29) is 5.91 Å². The van der Waals surface area contributed by atoms with Crippen molar-refractivity contribution in [3.05, 3.63) is 42.1 Å². The quantitative estimate of drug-likeness (QED) is 0.490.